The van der Waals surface area contributed by atoms with Gasteiger partial charge in [0.1, 0.15) is 29.6 Å². The lowest BCUT2D eigenvalue weighted by molar-refractivity contribution is 0.301. The van der Waals surface area contributed by atoms with Crippen LogP contribution >= 0.6 is 0 Å². The Labute approximate surface area is 185 Å². The Bertz CT molecular complexity index is 1350. The third-order valence-corrected chi connectivity index (χ3v) is 5.34. The fourth-order valence-corrected chi connectivity index (χ4v) is 3.71. The molecule has 0 aliphatic carbocycles. The summed E-state index contributed by atoms with van der Waals surface area (Å²) in [6.07, 6.45) is 1.79. The molecule has 0 saturated carbocycles. The summed E-state index contributed by atoms with van der Waals surface area (Å²) >= 11 is 0. The van der Waals surface area contributed by atoms with Crippen molar-refractivity contribution in [2.45, 2.75) is 6.61 Å². The first-order valence-corrected chi connectivity index (χ1v) is 10.3. The van der Waals surface area contributed by atoms with Gasteiger partial charge in [-0.2, -0.15) is 9.61 Å². The molecule has 0 fully saturated rings. The van der Waals surface area contributed by atoms with Gasteiger partial charge in [-0.15, -0.1) is 0 Å². The number of nitrogens with zero attached hydrogens (tertiary/aromatic N) is 3. The van der Waals surface area contributed by atoms with Gasteiger partial charge >= 0.3 is 0 Å². The van der Waals surface area contributed by atoms with Gasteiger partial charge in [-0.25, -0.2) is 4.98 Å². The Morgan fingerprint density at radius 3 is 2.19 bits per heavy atom. The number of methoxy groups -OCH3 is 1. The van der Waals surface area contributed by atoms with E-state index in [1.54, 1.807) is 17.8 Å². The second-order valence-corrected chi connectivity index (χ2v) is 7.31. The van der Waals surface area contributed by atoms with Crippen molar-refractivity contribution in [2.24, 2.45) is 0 Å². The van der Waals surface area contributed by atoms with E-state index in [1.165, 1.54) is 0 Å². The van der Waals surface area contributed by atoms with Gasteiger partial charge < -0.3 is 15.2 Å². The molecular weight excluding hydrogens is 400 g/mol. The summed E-state index contributed by atoms with van der Waals surface area (Å²) < 4.78 is 13.0. The number of fused-ring (bicyclic) bond motifs is 1. The average Bonchev–Trinajstić information content (AvgIpc) is 3.24. The van der Waals surface area contributed by atoms with E-state index >= 15 is 0 Å². The minimum absolute atomic E-state index is 0.301. The number of hydrogen-bond acceptors (Lipinski definition) is 5. The van der Waals surface area contributed by atoms with Gasteiger partial charge in [0.25, 0.3) is 0 Å². The van der Waals surface area contributed by atoms with E-state index in [0.717, 1.165) is 39.4 Å². The molecule has 0 bridgehead atoms. The minimum Gasteiger partial charge on any atom is -0.497 e. The molecule has 5 rings (SSSR count). The van der Waals surface area contributed by atoms with E-state index in [9.17, 15) is 0 Å². The van der Waals surface area contributed by atoms with Crippen molar-refractivity contribution in [2.75, 3.05) is 12.8 Å². The highest BCUT2D eigenvalue weighted by molar-refractivity contribution is 5.84. The van der Waals surface area contributed by atoms with Gasteiger partial charge in [0, 0.05) is 11.8 Å². The minimum atomic E-state index is 0.301. The van der Waals surface area contributed by atoms with Crippen molar-refractivity contribution in [1.82, 2.24) is 14.6 Å². The van der Waals surface area contributed by atoms with Crippen molar-refractivity contribution in [1.29, 1.82) is 0 Å². The van der Waals surface area contributed by atoms with E-state index in [4.69, 9.17) is 25.3 Å². The summed E-state index contributed by atoms with van der Waals surface area (Å²) in [6, 6.07) is 27.5. The number of anilines is 1. The highest BCUT2D eigenvalue weighted by Crippen LogP contribution is 2.33. The lowest BCUT2D eigenvalue weighted by atomic mass is 10.1. The van der Waals surface area contributed by atoms with Crippen LogP contribution in [0, 0.1) is 0 Å². The SMILES string of the molecule is COc1ccc(-c2cnc3c(-c4ccccc4)c(COc4ccccc4)nn3c2N)cc1. The van der Waals surface area contributed by atoms with Crippen LogP contribution in [0.4, 0.5) is 5.82 Å². The zero-order chi connectivity index (χ0) is 21.9. The summed E-state index contributed by atoms with van der Waals surface area (Å²) in [5.74, 6) is 2.08. The number of benzene rings is 3. The van der Waals surface area contributed by atoms with Crippen molar-refractivity contribution in [3.8, 4) is 33.8 Å². The molecule has 6 heteroatoms. The van der Waals surface area contributed by atoms with Crippen molar-refractivity contribution in [3.63, 3.8) is 0 Å². The maximum atomic E-state index is 6.58. The Hall–Kier alpha value is -4.32. The van der Waals surface area contributed by atoms with Crippen LogP contribution < -0.4 is 15.2 Å². The van der Waals surface area contributed by atoms with Crippen molar-refractivity contribution >= 4 is 11.5 Å². The number of nitrogen functional groups attached to an aromatic ring is 1. The molecule has 0 aliphatic rings. The number of aromatic nitrogens is 3. The third kappa shape index (κ3) is 3.63. The Balaban J connectivity index is 1.62. The first-order chi connectivity index (χ1) is 15.7. The number of hydrogen-bond donors (Lipinski definition) is 1. The molecule has 0 amide bonds. The molecular formula is C26H22N4O2. The maximum Gasteiger partial charge on any atom is 0.165 e. The quantitative estimate of drug-likeness (QED) is 0.405. The molecule has 32 heavy (non-hydrogen) atoms. The molecule has 0 saturated heterocycles. The summed E-state index contributed by atoms with van der Waals surface area (Å²) in [5, 5.41) is 4.80. The van der Waals surface area contributed by atoms with Crippen LogP contribution in [-0.4, -0.2) is 21.7 Å². The smallest absolute Gasteiger partial charge is 0.165 e. The van der Waals surface area contributed by atoms with Crippen LogP contribution in [0.15, 0.2) is 91.1 Å². The molecule has 0 spiro atoms. The first kappa shape index (κ1) is 19.6. The Kier molecular flexibility index (Phi) is 5.17. The van der Waals surface area contributed by atoms with E-state index in [1.807, 2.05) is 84.9 Å². The summed E-state index contributed by atoms with van der Waals surface area (Å²) in [7, 11) is 1.64. The van der Waals surface area contributed by atoms with Gasteiger partial charge in [-0.3, -0.25) is 0 Å². The molecule has 6 nitrogen and oxygen atoms in total. The second kappa shape index (κ2) is 8.43. The maximum absolute atomic E-state index is 6.58. The highest BCUT2D eigenvalue weighted by Gasteiger charge is 2.20. The molecule has 2 N–H and O–H groups in total. The van der Waals surface area contributed by atoms with Gasteiger partial charge in [-0.05, 0) is 35.4 Å². The Morgan fingerprint density at radius 2 is 1.50 bits per heavy atom. The number of rotatable bonds is 6. The fourth-order valence-electron chi connectivity index (χ4n) is 3.71. The summed E-state index contributed by atoms with van der Waals surface area (Å²) in [5.41, 5.74) is 11.7. The predicted molar refractivity (Wildman–Crippen MR) is 126 cm³/mol. The van der Waals surface area contributed by atoms with Gasteiger partial charge in [0.05, 0.1) is 12.7 Å². The van der Waals surface area contributed by atoms with Crippen LogP contribution in [0.5, 0.6) is 11.5 Å². The highest BCUT2D eigenvalue weighted by atomic mass is 16.5. The second-order valence-electron chi connectivity index (χ2n) is 7.31. The monoisotopic (exact) mass is 422 g/mol. The van der Waals surface area contributed by atoms with E-state index in [0.29, 0.717) is 18.1 Å². The van der Waals surface area contributed by atoms with Crippen LogP contribution in [0.1, 0.15) is 5.69 Å². The first-order valence-electron chi connectivity index (χ1n) is 10.3. The molecule has 2 aromatic heterocycles. The van der Waals surface area contributed by atoms with Gasteiger partial charge in [0.2, 0.25) is 0 Å². The lowest BCUT2D eigenvalue weighted by Crippen LogP contribution is -2.03. The van der Waals surface area contributed by atoms with Gasteiger partial charge in [-0.1, -0.05) is 60.7 Å². The standard InChI is InChI=1S/C26H22N4O2/c1-31-20-14-12-18(13-15-20)22-16-28-26-24(19-8-4-2-5-9-19)23(29-30(26)25(22)27)17-32-21-10-6-3-7-11-21/h2-16H,17,27H2,1H3. The summed E-state index contributed by atoms with van der Waals surface area (Å²) in [4.78, 5) is 4.75. The molecule has 0 atom stereocenters. The zero-order valence-corrected chi connectivity index (χ0v) is 17.6. The third-order valence-electron chi connectivity index (χ3n) is 5.34. The zero-order valence-electron chi connectivity index (χ0n) is 17.6. The lowest BCUT2D eigenvalue weighted by Gasteiger charge is -2.08. The van der Waals surface area contributed by atoms with Crippen LogP contribution in [-0.2, 0) is 6.61 Å². The van der Waals surface area contributed by atoms with Gasteiger partial charge in [0.15, 0.2) is 5.65 Å². The summed E-state index contributed by atoms with van der Waals surface area (Å²) in [6.45, 7) is 0.301. The predicted octanol–water partition coefficient (Wildman–Crippen LogP) is 5.23. The van der Waals surface area contributed by atoms with Crippen molar-refractivity contribution in [3.05, 3.63) is 96.8 Å². The molecule has 2 heterocycles. The van der Waals surface area contributed by atoms with Crippen LogP contribution in [0.3, 0.4) is 0 Å². The fraction of sp³-hybridized carbons (Fsp3) is 0.0769. The molecule has 158 valence electrons. The Morgan fingerprint density at radius 1 is 0.812 bits per heavy atom. The van der Waals surface area contributed by atoms with E-state index in [2.05, 4.69) is 0 Å². The molecule has 0 unspecified atom stereocenters. The van der Waals surface area contributed by atoms with E-state index in [-0.39, 0.29) is 0 Å². The number of para-hydroxylation sites is 1. The van der Waals surface area contributed by atoms with Crippen LogP contribution in [0.2, 0.25) is 0 Å². The molecule has 3 aromatic carbocycles. The van der Waals surface area contributed by atoms with Crippen molar-refractivity contribution < 1.29 is 9.47 Å². The molecule has 5 aromatic rings. The van der Waals surface area contributed by atoms with Crippen LogP contribution in [0.25, 0.3) is 27.9 Å². The molecule has 0 aliphatic heterocycles. The molecule has 0 radical (unpaired) electrons. The normalized spacial score (nSPS) is 10.9. The number of nitrogens with two attached hydrogens (primary N) is 1. The number of ether oxygens (including phenoxy) is 2. The largest absolute Gasteiger partial charge is 0.497 e. The topological polar surface area (TPSA) is 74.7 Å². The average molecular weight is 422 g/mol. The van der Waals surface area contributed by atoms with E-state index < -0.39 is 0 Å².